The topological polar surface area (TPSA) is 78.0 Å². The van der Waals surface area contributed by atoms with Crippen LogP contribution in [0.1, 0.15) is 36.4 Å². The van der Waals surface area contributed by atoms with Gasteiger partial charge in [-0.1, -0.05) is 11.3 Å². The van der Waals surface area contributed by atoms with E-state index in [-0.39, 0.29) is 17.7 Å². The van der Waals surface area contributed by atoms with Crippen molar-refractivity contribution in [2.75, 3.05) is 67.6 Å². The highest BCUT2D eigenvalue weighted by Gasteiger charge is 2.29. The second-order valence-corrected chi connectivity index (χ2v) is 9.41. The molecule has 2 aromatic rings. The fraction of sp³-hybridized carbons (Fsp3) is 0.542. The fourth-order valence-electron chi connectivity index (χ4n) is 4.43. The van der Waals surface area contributed by atoms with Crippen molar-refractivity contribution in [3.8, 4) is 0 Å². The molecular weight excluding hydrogens is 438 g/mol. The van der Waals surface area contributed by atoms with Crippen molar-refractivity contribution >= 4 is 39.7 Å². The molecule has 1 unspecified atom stereocenters. The van der Waals surface area contributed by atoms with E-state index in [0.717, 1.165) is 75.3 Å². The Hall–Kier alpha value is -2.65. The van der Waals surface area contributed by atoms with Crippen molar-refractivity contribution in [2.24, 2.45) is 5.92 Å². The van der Waals surface area contributed by atoms with Gasteiger partial charge in [0, 0.05) is 50.6 Å². The van der Waals surface area contributed by atoms with E-state index >= 15 is 0 Å². The van der Waals surface area contributed by atoms with Gasteiger partial charge in [-0.3, -0.25) is 9.59 Å². The number of ether oxygens (including phenoxy) is 1. The van der Waals surface area contributed by atoms with Crippen LogP contribution in [0.4, 0.5) is 16.5 Å². The van der Waals surface area contributed by atoms with E-state index < -0.39 is 0 Å². The molecule has 0 aliphatic carbocycles. The summed E-state index contributed by atoms with van der Waals surface area (Å²) in [6, 6.07) is 7.91. The fourth-order valence-corrected chi connectivity index (χ4v) is 5.28. The van der Waals surface area contributed by atoms with Crippen LogP contribution in [0.3, 0.4) is 0 Å². The van der Waals surface area contributed by atoms with Crippen molar-refractivity contribution in [2.45, 2.75) is 26.7 Å². The maximum Gasteiger partial charge on any atom is 0.267 e. The first-order valence-electron chi connectivity index (χ1n) is 11.8. The Bertz CT molecular complexity index is 938. The molecule has 2 aliphatic rings. The van der Waals surface area contributed by atoms with E-state index in [1.165, 1.54) is 11.3 Å². The van der Waals surface area contributed by atoms with Crippen molar-refractivity contribution in [1.82, 2.24) is 9.88 Å². The molecule has 178 valence electrons. The Balaban J connectivity index is 1.35. The first-order chi connectivity index (χ1) is 16.1. The molecular formula is C24H33N5O3S. The SMILES string of the molecule is CCN(CC)C(=O)C1CCCN(c2ncc(C(=O)Nc3ccc(N4CCOCC4)cc3)s2)C1. The highest BCUT2D eigenvalue weighted by molar-refractivity contribution is 7.17. The third kappa shape index (κ3) is 5.65. The number of carbonyl (C=O) groups excluding carboxylic acids is 2. The first kappa shape index (κ1) is 23.5. The van der Waals surface area contributed by atoms with Crippen LogP contribution in [0.2, 0.25) is 0 Å². The van der Waals surface area contributed by atoms with Crippen LogP contribution in [0.15, 0.2) is 30.5 Å². The maximum atomic E-state index is 12.8. The summed E-state index contributed by atoms with van der Waals surface area (Å²) >= 11 is 1.38. The number of hydrogen-bond donors (Lipinski definition) is 1. The summed E-state index contributed by atoms with van der Waals surface area (Å²) in [7, 11) is 0. The van der Waals surface area contributed by atoms with Crippen LogP contribution in [-0.4, -0.2) is 74.2 Å². The molecule has 2 amide bonds. The minimum atomic E-state index is -0.161. The van der Waals surface area contributed by atoms with Gasteiger partial charge in [0.15, 0.2) is 5.13 Å². The van der Waals surface area contributed by atoms with Gasteiger partial charge >= 0.3 is 0 Å². The maximum absolute atomic E-state index is 12.8. The van der Waals surface area contributed by atoms with Gasteiger partial charge in [0.05, 0.1) is 25.3 Å². The third-order valence-electron chi connectivity index (χ3n) is 6.33. The molecule has 0 saturated carbocycles. The summed E-state index contributed by atoms with van der Waals surface area (Å²) in [4.78, 5) is 37.0. The number of benzene rings is 1. The van der Waals surface area contributed by atoms with Gasteiger partial charge in [-0.05, 0) is 51.0 Å². The lowest BCUT2D eigenvalue weighted by molar-refractivity contribution is -0.135. The molecule has 4 rings (SSSR count). The monoisotopic (exact) mass is 471 g/mol. The smallest absolute Gasteiger partial charge is 0.267 e. The lowest BCUT2D eigenvalue weighted by atomic mass is 9.97. The predicted molar refractivity (Wildman–Crippen MR) is 132 cm³/mol. The number of nitrogens with zero attached hydrogens (tertiary/aromatic N) is 4. The Labute approximate surface area is 199 Å². The molecule has 3 heterocycles. The number of aromatic nitrogens is 1. The van der Waals surface area contributed by atoms with Crippen LogP contribution in [0.5, 0.6) is 0 Å². The Morgan fingerprint density at radius 1 is 1.12 bits per heavy atom. The standard InChI is InChI=1S/C24H33N5O3S/c1-3-27(4-2)23(31)18-6-5-11-29(17-18)24-25-16-21(33-24)22(30)26-19-7-9-20(10-8-19)28-12-14-32-15-13-28/h7-10,16,18H,3-6,11-15,17H2,1-2H3,(H,26,30). The molecule has 0 spiro atoms. The van der Waals surface area contributed by atoms with E-state index in [0.29, 0.717) is 11.4 Å². The van der Waals surface area contributed by atoms with Crippen LogP contribution in [0, 0.1) is 5.92 Å². The molecule has 9 heteroatoms. The van der Waals surface area contributed by atoms with Crippen LogP contribution >= 0.6 is 11.3 Å². The number of hydrogen-bond acceptors (Lipinski definition) is 7. The van der Waals surface area contributed by atoms with E-state index in [1.54, 1.807) is 6.20 Å². The summed E-state index contributed by atoms with van der Waals surface area (Å²) in [6.07, 6.45) is 3.49. The van der Waals surface area contributed by atoms with Gasteiger partial charge in [0.2, 0.25) is 5.91 Å². The largest absolute Gasteiger partial charge is 0.378 e. The minimum absolute atomic E-state index is 0.00944. The molecule has 8 nitrogen and oxygen atoms in total. The van der Waals surface area contributed by atoms with Crippen molar-refractivity contribution in [3.63, 3.8) is 0 Å². The van der Waals surface area contributed by atoms with E-state index in [4.69, 9.17) is 4.74 Å². The summed E-state index contributed by atoms with van der Waals surface area (Å²) in [5.74, 6) is 0.0511. The number of piperidine rings is 1. The average molecular weight is 472 g/mol. The van der Waals surface area contributed by atoms with Gasteiger partial charge in [-0.25, -0.2) is 4.98 Å². The molecule has 0 radical (unpaired) electrons. The number of amides is 2. The zero-order chi connectivity index (χ0) is 23.2. The highest BCUT2D eigenvalue weighted by atomic mass is 32.1. The van der Waals surface area contributed by atoms with Crippen LogP contribution in [-0.2, 0) is 9.53 Å². The van der Waals surface area contributed by atoms with Gasteiger partial charge < -0.3 is 24.8 Å². The molecule has 1 aromatic carbocycles. The van der Waals surface area contributed by atoms with Crippen molar-refractivity contribution < 1.29 is 14.3 Å². The third-order valence-corrected chi connectivity index (χ3v) is 7.39. The van der Waals surface area contributed by atoms with E-state index in [2.05, 4.69) is 20.1 Å². The quantitative estimate of drug-likeness (QED) is 0.668. The lowest BCUT2D eigenvalue weighted by Crippen LogP contribution is -2.44. The number of thiazole rings is 1. The highest BCUT2D eigenvalue weighted by Crippen LogP contribution is 2.29. The average Bonchev–Trinajstić information content (AvgIpc) is 3.36. The predicted octanol–water partition coefficient (Wildman–Crippen LogP) is 3.32. The van der Waals surface area contributed by atoms with Crippen molar-refractivity contribution in [3.05, 3.63) is 35.3 Å². The molecule has 1 atom stereocenters. The molecule has 2 fully saturated rings. The molecule has 2 saturated heterocycles. The van der Waals surface area contributed by atoms with Gasteiger partial charge in [-0.15, -0.1) is 0 Å². The van der Waals surface area contributed by atoms with Crippen LogP contribution in [0.25, 0.3) is 0 Å². The normalized spacial score (nSPS) is 18.8. The second kappa shape index (κ2) is 11.0. The van der Waals surface area contributed by atoms with Crippen LogP contribution < -0.4 is 15.1 Å². The summed E-state index contributed by atoms with van der Waals surface area (Å²) in [6.45, 7) is 10.3. The van der Waals surface area contributed by atoms with E-state index in [1.807, 2.05) is 43.0 Å². The Morgan fingerprint density at radius 3 is 2.55 bits per heavy atom. The second-order valence-electron chi connectivity index (χ2n) is 8.40. The zero-order valence-electron chi connectivity index (χ0n) is 19.5. The lowest BCUT2D eigenvalue weighted by Gasteiger charge is -2.34. The first-order valence-corrected chi connectivity index (χ1v) is 12.6. The number of anilines is 3. The molecule has 33 heavy (non-hydrogen) atoms. The van der Waals surface area contributed by atoms with E-state index in [9.17, 15) is 9.59 Å². The number of carbonyl (C=O) groups is 2. The Kier molecular flexibility index (Phi) is 7.82. The molecule has 1 N–H and O–H groups in total. The number of rotatable bonds is 7. The number of morpholine rings is 1. The summed E-state index contributed by atoms with van der Waals surface area (Å²) in [5.41, 5.74) is 1.89. The van der Waals surface area contributed by atoms with Gasteiger partial charge in [0.25, 0.3) is 5.91 Å². The molecule has 0 bridgehead atoms. The van der Waals surface area contributed by atoms with Gasteiger partial charge in [-0.2, -0.15) is 0 Å². The summed E-state index contributed by atoms with van der Waals surface area (Å²) in [5, 5.41) is 3.78. The summed E-state index contributed by atoms with van der Waals surface area (Å²) < 4.78 is 5.40. The van der Waals surface area contributed by atoms with Gasteiger partial charge in [0.1, 0.15) is 4.88 Å². The molecule has 1 aromatic heterocycles. The number of nitrogens with one attached hydrogen (secondary N) is 1. The Morgan fingerprint density at radius 2 is 1.85 bits per heavy atom. The molecule has 2 aliphatic heterocycles. The minimum Gasteiger partial charge on any atom is -0.378 e. The van der Waals surface area contributed by atoms with Crippen molar-refractivity contribution in [1.29, 1.82) is 0 Å². The zero-order valence-corrected chi connectivity index (χ0v) is 20.3.